The van der Waals surface area contributed by atoms with Crippen LogP contribution >= 0.6 is 8.60 Å². The fourth-order valence-corrected chi connectivity index (χ4v) is 1.71. The molecule has 0 amide bonds. The maximum atomic E-state index is 10.8. The molecule has 0 atom stereocenters. The molecular weight excluding hydrogens is 215 g/mol. The predicted octanol–water partition coefficient (Wildman–Crippen LogP) is 3.41. The van der Waals surface area contributed by atoms with E-state index in [4.69, 9.17) is 13.6 Å². The lowest BCUT2D eigenvalue weighted by atomic mass is 10.4. The lowest BCUT2D eigenvalue weighted by Crippen LogP contribution is -2.01. The summed E-state index contributed by atoms with van der Waals surface area (Å²) in [7, 11) is -1.47. The third-order valence-corrected chi connectivity index (χ3v) is 2.79. The van der Waals surface area contributed by atoms with Gasteiger partial charge in [-0.1, -0.05) is 26.7 Å². The van der Waals surface area contributed by atoms with E-state index in [0.717, 1.165) is 25.7 Å². The number of hydrogen-bond donors (Lipinski definition) is 0. The second kappa shape index (κ2) is 10.3. The minimum absolute atomic E-state index is 0.353. The average Bonchev–Trinajstić information content (AvgIpc) is 2.17. The van der Waals surface area contributed by atoms with Gasteiger partial charge in [-0.2, -0.15) is 0 Å². The van der Waals surface area contributed by atoms with Gasteiger partial charge in [0.1, 0.15) is 0 Å². The highest BCUT2D eigenvalue weighted by Gasteiger charge is 2.15. The number of rotatable bonds is 9. The molecule has 5 heteroatoms. The second-order valence-electron chi connectivity index (χ2n) is 3.18. The van der Waals surface area contributed by atoms with Crippen molar-refractivity contribution in [1.82, 2.24) is 0 Å². The summed E-state index contributed by atoms with van der Waals surface area (Å²) >= 11 is 0. The van der Waals surface area contributed by atoms with E-state index < -0.39 is 8.60 Å². The molecule has 4 nitrogen and oxygen atoms in total. The SMILES string of the molecule is CCCCOP(OCCCC)OC(C)=O. The van der Waals surface area contributed by atoms with Crippen LogP contribution in [-0.4, -0.2) is 19.2 Å². The fourth-order valence-electron chi connectivity index (χ4n) is 0.762. The van der Waals surface area contributed by atoms with Gasteiger partial charge in [0.05, 0.1) is 13.2 Å². The van der Waals surface area contributed by atoms with Crippen LogP contribution in [0.5, 0.6) is 0 Å². The van der Waals surface area contributed by atoms with E-state index in [2.05, 4.69) is 13.8 Å². The molecule has 0 saturated heterocycles. The fraction of sp³-hybridized carbons (Fsp3) is 0.900. The lowest BCUT2D eigenvalue weighted by molar-refractivity contribution is -0.132. The summed E-state index contributed by atoms with van der Waals surface area (Å²) < 4.78 is 15.6. The minimum atomic E-state index is -1.47. The Bertz CT molecular complexity index is 154. The van der Waals surface area contributed by atoms with E-state index in [1.165, 1.54) is 6.92 Å². The van der Waals surface area contributed by atoms with E-state index in [9.17, 15) is 4.79 Å². The molecule has 90 valence electrons. The molecule has 0 aliphatic carbocycles. The standard InChI is InChI=1S/C10H21O4P/c1-4-6-8-12-15(14-10(3)11)13-9-7-5-2/h4-9H2,1-3H3. The molecular formula is C10H21O4P. The molecule has 0 N–H and O–H groups in total. The minimum Gasteiger partial charge on any atom is -0.394 e. The first-order chi connectivity index (χ1) is 7.20. The Hall–Kier alpha value is -0.180. The smallest absolute Gasteiger partial charge is 0.394 e. The average molecular weight is 236 g/mol. The molecule has 0 heterocycles. The molecule has 0 saturated carbocycles. The van der Waals surface area contributed by atoms with Gasteiger partial charge in [-0.05, 0) is 12.8 Å². The Balaban J connectivity index is 3.68. The topological polar surface area (TPSA) is 44.8 Å². The van der Waals surface area contributed by atoms with Crippen molar-refractivity contribution in [2.45, 2.75) is 46.5 Å². The summed E-state index contributed by atoms with van der Waals surface area (Å²) in [5.41, 5.74) is 0. The van der Waals surface area contributed by atoms with Crippen molar-refractivity contribution in [3.8, 4) is 0 Å². The normalized spacial score (nSPS) is 10.7. The molecule has 0 unspecified atom stereocenters. The zero-order valence-corrected chi connectivity index (χ0v) is 10.7. The van der Waals surface area contributed by atoms with Gasteiger partial charge in [0.25, 0.3) is 0 Å². The van der Waals surface area contributed by atoms with Gasteiger partial charge in [-0.25, -0.2) is 0 Å². The first-order valence-corrected chi connectivity index (χ1v) is 6.54. The molecule has 0 aliphatic rings. The summed E-state index contributed by atoms with van der Waals surface area (Å²) in [5, 5.41) is 0. The predicted molar refractivity (Wildman–Crippen MR) is 60.4 cm³/mol. The van der Waals surface area contributed by atoms with Gasteiger partial charge >= 0.3 is 14.6 Å². The summed E-state index contributed by atoms with van der Waals surface area (Å²) in [6, 6.07) is 0. The first-order valence-electron chi connectivity index (χ1n) is 5.45. The highest BCUT2D eigenvalue weighted by atomic mass is 31.2. The van der Waals surface area contributed by atoms with E-state index in [1.807, 2.05) is 0 Å². The Morgan fingerprint density at radius 2 is 1.53 bits per heavy atom. The van der Waals surface area contributed by atoms with Gasteiger partial charge in [0.15, 0.2) is 0 Å². The Morgan fingerprint density at radius 1 is 1.07 bits per heavy atom. The number of unbranched alkanes of at least 4 members (excludes halogenated alkanes) is 2. The van der Waals surface area contributed by atoms with Crippen molar-refractivity contribution in [2.75, 3.05) is 13.2 Å². The Morgan fingerprint density at radius 3 is 1.87 bits per heavy atom. The zero-order chi connectivity index (χ0) is 11.5. The molecule has 0 aromatic heterocycles. The van der Waals surface area contributed by atoms with Crippen LogP contribution in [0.4, 0.5) is 0 Å². The second-order valence-corrected chi connectivity index (χ2v) is 4.33. The van der Waals surface area contributed by atoms with Gasteiger partial charge in [0.2, 0.25) is 0 Å². The Kier molecular flexibility index (Phi) is 10.2. The number of hydrogen-bond acceptors (Lipinski definition) is 4. The van der Waals surface area contributed by atoms with Crippen LogP contribution in [0.1, 0.15) is 46.5 Å². The van der Waals surface area contributed by atoms with Gasteiger partial charge in [-0.15, -0.1) is 0 Å². The van der Waals surface area contributed by atoms with Gasteiger partial charge in [0, 0.05) is 6.92 Å². The quantitative estimate of drug-likeness (QED) is 0.454. The van der Waals surface area contributed by atoms with Gasteiger partial charge in [-0.3, -0.25) is 4.79 Å². The molecule has 0 bridgehead atoms. The highest BCUT2D eigenvalue weighted by Crippen LogP contribution is 2.40. The van der Waals surface area contributed by atoms with Crippen molar-refractivity contribution >= 4 is 14.6 Å². The van der Waals surface area contributed by atoms with E-state index in [-0.39, 0.29) is 5.97 Å². The van der Waals surface area contributed by atoms with E-state index >= 15 is 0 Å². The monoisotopic (exact) mass is 236 g/mol. The number of carbonyl (C=O) groups is 1. The summed E-state index contributed by atoms with van der Waals surface area (Å²) in [4.78, 5) is 10.8. The maximum absolute atomic E-state index is 10.8. The van der Waals surface area contributed by atoms with Gasteiger partial charge < -0.3 is 13.6 Å². The molecule has 0 rings (SSSR count). The van der Waals surface area contributed by atoms with Crippen molar-refractivity contribution in [3.05, 3.63) is 0 Å². The van der Waals surface area contributed by atoms with Crippen LogP contribution in [0.2, 0.25) is 0 Å². The summed E-state index contributed by atoms with van der Waals surface area (Å²) in [5.74, 6) is -0.353. The van der Waals surface area contributed by atoms with Crippen LogP contribution in [0, 0.1) is 0 Å². The molecule has 0 aromatic rings. The van der Waals surface area contributed by atoms with Crippen molar-refractivity contribution in [1.29, 1.82) is 0 Å². The molecule has 0 aliphatic heterocycles. The first kappa shape index (κ1) is 14.8. The van der Waals surface area contributed by atoms with E-state index in [1.54, 1.807) is 0 Å². The zero-order valence-electron chi connectivity index (χ0n) is 9.82. The summed E-state index contributed by atoms with van der Waals surface area (Å²) in [6.07, 6.45) is 4.02. The third kappa shape index (κ3) is 10.1. The lowest BCUT2D eigenvalue weighted by Gasteiger charge is -2.14. The third-order valence-electron chi connectivity index (χ3n) is 1.59. The van der Waals surface area contributed by atoms with Crippen molar-refractivity contribution < 1.29 is 18.4 Å². The molecule has 0 aromatic carbocycles. The maximum Gasteiger partial charge on any atom is 0.399 e. The van der Waals surface area contributed by atoms with Crippen LogP contribution in [0.15, 0.2) is 0 Å². The Labute approximate surface area is 93.3 Å². The van der Waals surface area contributed by atoms with Crippen molar-refractivity contribution in [3.63, 3.8) is 0 Å². The van der Waals surface area contributed by atoms with Crippen LogP contribution < -0.4 is 0 Å². The molecule has 0 spiro atoms. The van der Waals surface area contributed by atoms with Crippen LogP contribution in [0.3, 0.4) is 0 Å². The molecule has 0 fully saturated rings. The van der Waals surface area contributed by atoms with Crippen molar-refractivity contribution in [2.24, 2.45) is 0 Å². The molecule has 15 heavy (non-hydrogen) atoms. The largest absolute Gasteiger partial charge is 0.399 e. The number of carbonyl (C=O) groups excluding carboxylic acids is 1. The van der Waals surface area contributed by atoms with Crippen LogP contribution in [0.25, 0.3) is 0 Å². The highest BCUT2D eigenvalue weighted by molar-refractivity contribution is 7.42. The van der Waals surface area contributed by atoms with Crippen LogP contribution in [-0.2, 0) is 18.4 Å². The van der Waals surface area contributed by atoms with E-state index in [0.29, 0.717) is 13.2 Å². The summed E-state index contributed by atoms with van der Waals surface area (Å²) in [6.45, 7) is 6.69. The molecule has 0 radical (unpaired) electrons.